The molecule has 0 aliphatic heterocycles. The lowest BCUT2D eigenvalue weighted by Gasteiger charge is -2.18. The number of benzene rings is 1. The van der Waals surface area contributed by atoms with E-state index >= 15 is 0 Å². The van der Waals surface area contributed by atoms with Gasteiger partial charge < -0.3 is 11.1 Å². The predicted molar refractivity (Wildman–Crippen MR) is 98.8 cm³/mol. The van der Waals surface area contributed by atoms with Crippen molar-refractivity contribution in [3.8, 4) is 0 Å². The van der Waals surface area contributed by atoms with E-state index in [1.165, 1.54) is 30.3 Å². The molecule has 0 aliphatic carbocycles. The van der Waals surface area contributed by atoms with Crippen molar-refractivity contribution in [2.75, 3.05) is 13.1 Å². The first kappa shape index (κ1) is 22.6. The average molecular weight is 376 g/mol. The Labute approximate surface area is 150 Å². The Morgan fingerprint density at radius 3 is 2.33 bits per heavy atom. The van der Waals surface area contributed by atoms with Crippen LogP contribution in [0.3, 0.4) is 0 Å². The fourth-order valence-corrected chi connectivity index (χ4v) is 3.09. The van der Waals surface area contributed by atoms with E-state index in [1.54, 1.807) is 0 Å². The van der Waals surface area contributed by atoms with E-state index in [0.717, 1.165) is 6.42 Å². The van der Waals surface area contributed by atoms with E-state index in [9.17, 15) is 13.2 Å². The van der Waals surface area contributed by atoms with Crippen molar-refractivity contribution in [2.45, 2.75) is 31.2 Å². The molecule has 1 amide bonds. The van der Waals surface area contributed by atoms with Crippen LogP contribution in [0.25, 0.3) is 0 Å². The van der Waals surface area contributed by atoms with Gasteiger partial charge in [-0.05, 0) is 36.6 Å². The molecule has 0 saturated carbocycles. The van der Waals surface area contributed by atoms with Crippen LogP contribution in [0.2, 0.25) is 0 Å². The molecule has 1 unspecified atom stereocenters. The van der Waals surface area contributed by atoms with Gasteiger partial charge in [-0.3, -0.25) is 4.79 Å². The van der Waals surface area contributed by atoms with Crippen LogP contribution in [-0.4, -0.2) is 33.5 Å². The third kappa shape index (κ3) is 7.00. The monoisotopic (exact) mass is 375 g/mol. The van der Waals surface area contributed by atoms with Crippen molar-refractivity contribution < 1.29 is 13.2 Å². The van der Waals surface area contributed by atoms with Crippen LogP contribution in [0.15, 0.2) is 41.8 Å². The largest absolute Gasteiger partial charge is 0.348 e. The van der Waals surface area contributed by atoms with Crippen molar-refractivity contribution >= 4 is 28.3 Å². The highest BCUT2D eigenvalue weighted by molar-refractivity contribution is 7.89. The fourth-order valence-electron chi connectivity index (χ4n) is 2.09. The van der Waals surface area contributed by atoms with Gasteiger partial charge in [-0.25, -0.2) is 13.1 Å². The Morgan fingerprint density at radius 1 is 1.29 bits per heavy atom. The molecule has 4 N–H and O–H groups in total. The topological polar surface area (TPSA) is 101 Å². The molecule has 8 heteroatoms. The quantitative estimate of drug-likeness (QED) is 0.571. The standard InChI is InChI=1S/C16H25N3O3S.ClH/c1-4-9-18-23(21,22)15-7-5-13(6-8-15)16(20)19-14(11-17)10-12(2)3;/h4-8,12,14,18H,1,9-11,17H2,2-3H3,(H,19,20);1H. The summed E-state index contributed by atoms with van der Waals surface area (Å²) in [6.07, 6.45) is 2.25. The zero-order chi connectivity index (χ0) is 17.5. The van der Waals surface area contributed by atoms with Crippen LogP contribution < -0.4 is 15.8 Å². The van der Waals surface area contributed by atoms with Gasteiger partial charge in [0.15, 0.2) is 0 Å². The Morgan fingerprint density at radius 2 is 1.88 bits per heavy atom. The highest BCUT2D eigenvalue weighted by Crippen LogP contribution is 2.11. The molecular weight excluding hydrogens is 350 g/mol. The van der Waals surface area contributed by atoms with E-state index in [4.69, 9.17) is 5.73 Å². The van der Waals surface area contributed by atoms with Crippen molar-refractivity contribution in [3.05, 3.63) is 42.5 Å². The molecule has 1 rings (SSSR count). The number of nitrogens with one attached hydrogen (secondary N) is 2. The minimum Gasteiger partial charge on any atom is -0.348 e. The number of halogens is 1. The normalized spacial score (nSPS) is 12.3. The molecule has 0 saturated heterocycles. The number of carbonyl (C=O) groups excluding carboxylic acids is 1. The molecule has 0 aliphatic rings. The molecule has 0 aromatic heterocycles. The molecular formula is C16H26ClN3O3S. The Hall–Kier alpha value is -1.41. The second-order valence-corrected chi connectivity index (χ2v) is 7.47. The molecule has 6 nitrogen and oxygen atoms in total. The van der Waals surface area contributed by atoms with Gasteiger partial charge in [-0.15, -0.1) is 19.0 Å². The van der Waals surface area contributed by atoms with E-state index in [2.05, 4.69) is 30.5 Å². The number of amides is 1. The molecule has 136 valence electrons. The summed E-state index contributed by atoms with van der Waals surface area (Å²) in [7, 11) is -3.58. The summed E-state index contributed by atoms with van der Waals surface area (Å²) < 4.78 is 26.3. The third-order valence-electron chi connectivity index (χ3n) is 3.22. The fraction of sp³-hybridized carbons (Fsp3) is 0.438. The summed E-state index contributed by atoms with van der Waals surface area (Å²) in [5.41, 5.74) is 6.06. The predicted octanol–water partition coefficient (Wildman–Crippen LogP) is 1.68. The zero-order valence-corrected chi connectivity index (χ0v) is 15.6. The maximum absolute atomic E-state index is 12.2. The minimum atomic E-state index is -3.58. The van der Waals surface area contributed by atoms with Gasteiger partial charge in [0.2, 0.25) is 10.0 Å². The minimum absolute atomic E-state index is 0. The number of carbonyl (C=O) groups is 1. The van der Waals surface area contributed by atoms with Gasteiger partial charge in [-0.2, -0.15) is 0 Å². The molecule has 0 heterocycles. The molecule has 1 aromatic carbocycles. The number of hydrogen-bond acceptors (Lipinski definition) is 4. The summed E-state index contributed by atoms with van der Waals surface area (Å²) in [5.74, 6) is 0.163. The number of sulfonamides is 1. The summed E-state index contributed by atoms with van der Waals surface area (Å²) in [6, 6.07) is 5.68. The smallest absolute Gasteiger partial charge is 0.251 e. The van der Waals surface area contributed by atoms with Gasteiger partial charge in [0.1, 0.15) is 0 Å². The highest BCUT2D eigenvalue weighted by atomic mass is 35.5. The summed E-state index contributed by atoms with van der Waals surface area (Å²) in [5, 5.41) is 2.86. The lowest BCUT2D eigenvalue weighted by Crippen LogP contribution is -2.41. The molecule has 1 atom stereocenters. The summed E-state index contributed by atoms with van der Waals surface area (Å²) in [6.45, 7) is 8.09. The van der Waals surface area contributed by atoms with Crippen molar-refractivity contribution in [1.82, 2.24) is 10.0 Å². The second kappa shape index (κ2) is 10.5. The van der Waals surface area contributed by atoms with Gasteiger partial charge in [0.05, 0.1) is 4.90 Å². The van der Waals surface area contributed by atoms with Gasteiger partial charge >= 0.3 is 0 Å². The molecule has 24 heavy (non-hydrogen) atoms. The van der Waals surface area contributed by atoms with E-state index in [1.807, 2.05) is 0 Å². The Balaban J connectivity index is 0.00000529. The lowest BCUT2D eigenvalue weighted by molar-refractivity contribution is 0.0933. The Kier molecular flexibility index (Phi) is 9.84. The SMILES string of the molecule is C=CCNS(=O)(=O)c1ccc(C(=O)NC(CN)CC(C)C)cc1.Cl. The van der Waals surface area contributed by atoms with Crippen LogP contribution >= 0.6 is 12.4 Å². The van der Waals surface area contributed by atoms with Gasteiger partial charge in [0.25, 0.3) is 5.91 Å². The molecule has 0 spiro atoms. The highest BCUT2D eigenvalue weighted by Gasteiger charge is 2.16. The number of hydrogen-bond donors (Lipinski definition) is 3. The van der Waals surface area contributed by atoms with E-state index in [-0.39, 0.29) is 35.8 Å². The molecule has 0 bridgehead atoms. The van der Waals surface area contributed by atoms with E-state index < -0.39 is 10.0 Å². The maximum Gasteiger partial charge on any atom is 0.251 e. The Bertz CT molecular complexity index is 630. The van der Waals surface area contributed by atoms with Crippen LogP contribution in [0.4, 0.5) is 0 Å². The van der Waals surface area contributed by atoms with E-state index in [0.29, 0.717) is 18.0 Å². The zero-order valence-electron chi connectivity index (χ0n) is 14.0. The number of nitrogens with two attached hydrogens (primary N) is 1. The second-order valence-electron chi connectivity index (χ2n) is 5.70. The van der Waals surface area contributed by atoms with Crippen LogP contribution in [0.5, 0.6) is 0 Å². The van der Waals surface area contributed by atoms with Crippen LogP contribution in [0.1, 0.15) is 30.6 Å². The first-order chi connectivity index (χ1) is 10.8. The van der Waals surface area contributed by atoms with Crippen molar-refractivity contribution in [2.24, 2.45) is 11.7 Å². The number of rotatable bonds is 9. The lowest BCUT2D eigenvalue weighted by atomic mass is 10.0. The maximum atomic E-state index is 12.2. The van der Waals surface area contributed by atoms with Crippen molar-refractivity contribution in [3.63, 3.8) is 0 Å². The van der Waals surface area contributed by atoms with Gasteiger partial charge in [0, 0.05) is 24.7 Å². The van der Waals surface area contributed by atoms with Crippen LogP contribution in [0, 0.1) is 5.92 Å². The first-order valence-electron chi connectivity index (χ1n) is 7.51. The molecule has 0 radical (unpaired) electrons. The average Bonchev–Trinajstić information content (AvgIpc) is 2.52. The summed E-state index contributed by atoms with van der Waals surface area (Å²) in [4.78, 5) is 12.3. The van der Waals surface area contributed by atoms with Crippen LogP contribution in [-0.2, 0) is 10.0 Å². The first-order valence-corrected chi connectivity index (χ1v) is 9.00. The molecule has 0 fully saturated rings. The third-order valence-corrected chi connectivity index (χ3v) is 4.66. The summed E-state index contributed by atoms with van der Waals surface area (Å²) >= 11 is 0. The molecule has 1 aromatic rings. The van der Waals surface area contributed by atoms with Crippen molar-refractivity contribution in [1.29, 1.82) is 0 Å². The van der Waals surface area contributed by atoms with Gasteiger partial charge in [-0.1, -0.05) is 19.9 Å².